The maximum absolute atomic E-state index is 12.6. The molecule has 0 bridgehead atoms. The van der Waals surface area contributed by atoms with Crippen LogP contribution in [0.5, 0.6) is 17.2 Å². The van der Waals surface area contributed by atoms with Gasteiger partial charge in [0.05, 0.1) is 20.6 Å². The lowest BCUT2D eigenvalue weighted by atomic mass is 10.1. The van der Waals surface area contributed by atoms with Crippen LogP contribution < -0.4 is 10.1 Å². The summed E-state index contributed by atoms with van der Waals surface area (Å²) in [7, 11) is -3.25. The summed E-state index contributed by atoms with van der Waals surface area (Å²) in [6.07, 6.45) is -0.317. The summed E-state index contributed by atoms with van der Waals surface area (Å²) in [5.41, 5.74) is 0.556. The smallest absolute Gasteiger partial charge is 0.328 e. The third-order valence-corrected chi connectivity index (χ3v) is 6.15. The van der Waals surface area contributed by atoms with Crippen molar-refractivity contribution in [2.75, 3.05) is 6.66 Å². The van der Waals surface area contributed by atoms with Crippen molar-refractivity contribution in [1.29, 1.82) is 0 Å². The Hall–Kier alpha value is -1.87. The van der Waals surface area contributed by atoms with Crippen molar-refractivity contribution in [2.45, 2.75) is 39.1 Å². The van der Waals surface area contributed by atoms with Crippen LogP contribution in [0.25, 0.3) is 0 Å². The van der Waals surface area contributed by atoms with Crippen LogP contribution in [0.15, 0.2) is 39.3 Å². The Bertz CT molecular complexity index is 1050. The minimum absolute atomic E-state index is 0.00539. The summed E-state index contributed by atoms with van der Waals surface area (Å²) in [4.78, 5) is 34.1. The van der Waals surface area contributed by atoms with Crippen LogP contribution in [0.1, 0.15) is 36.7 Å². The zero-order chi connectivity index (χ0) is 24.2. The van der Waals surface area contributed by atoms with Gasteiger partial charge in [-0.1, -0.05) is 0 Å². The molecular weight excluding hydrogens is 569 g/mol. The van der Waals surface area contributed by atoms with Gasteiger partial charge in [-0.3, -0.25) is 9.36 Å². The van der Waals surface area contributed by atoms with Crippen molar-refractivity contribution in [1.82, 2.24) is 5.32 Å². The molecule has 32 heavy (non-hydrogen) atoms. The van der Waals surface area contributed by atoms with Crippen molar-refractivity contribution in [2.24, 2.45) is 0 Å². The standard InChI is InChI=1S/C21H24Br2NO7P/c1-11(2)30-21(27)12(3)24-20(26)15-9-14(5-6-18(15)25)31-19-16(22)7-13(8-17(19)23)10-32(4,28)29/h5-9,11-12,25H,10H2,1-4H3,(H,24,26)(H,28,29). The van der Waals surface area contributed by atoms with E-state index in [-0.39, 0.29) is 29.3 Å². The fraction of sp³-hybridized carbons (Fsp3) is 0.333. The highest BCUT2D eigenvalue weighted by atomic mass is 79.9. The second-order valence-corrected chi connectivity index (χ2v) is 11.7. The van der Waals surface area contributed by atoms with E-state index >= 15 is 0 Å². The Kier molecular flexibility index (Phi) is 8.93. The van der Waals surface area contributed by atoms with Crippen molar-refractivity contribution < 1.29 is 33.6 Å². The predicted molar refractivity (Wildman–Crippen MR) is 128 cm³/mol. The number of carbonyl (C=O) groups is 2. The maximum Gasteiger partial charge on any atom is 0.328 e. The molecule has 0 aromatic heterocycles. The summed E-state index contributed by atoms with van der Waals surface area (Å²) in [6, 6.07) is 6.54. The molecule has 8 nitrogen and oxygen atoms in total. The molecule has 0 saturated heterocycles. The molecule has 2 aromatic rings. The molecule has 0 saturated carbocycles. The van der Waals surface area contributed by atoms with Crippen molar-refractivity contribution in [3.05, 3.63) is 50.4 Å². The molecule has 2 rings (SSSR count). The van der Waals surface area contributed by atoms with Gasteiger partial charge in [-0.25, -0.2) is 4.79 Å². The first-order valence-corrected chi connectivity index (χ1v) is 13.4. The Morgan fingerprint density at radius 1 is 1.12 bits per heavy atom. The summed E-state index contributed by atoms with van der Waals surface area (Å²) >= 11 is 6.77. The lowest BCUT2D eigenvalue weighted by molar-refractivity contribution is -0.149. The first kappa shape index (κ1) is 26.4. The van der Waals surface area contributed by atoms with Gasteiger partial charge in [0.25, 0.3) is 5.91 Å². The molecule has 0 aliphatic carbocycles. The first-order chi connectivity index (χ1) is 14.8. The van der Waals surface area contributed by atoms with Crippen LogP contribution in [0.2, 0.25) is 0 Å². The van der Waals surface area contributed by atoms with Crippen LogP contribution in [-0.2, 0) is 20.3 Å². The highest BCUT2D eigenvalue weighted by Crippen LogP contribution is 2.44. The molecule has 2 aromatic carbocycles. The van der Waals surface area contributed by atoms with Gasteiger partial charge in [0.2, 0.25) is 7.37 Å². The van der Waals surface area contributed by atoms with E-state index in [4.69, 9.17) is 9.47 Å². The quantitative estimate of drug-likeness (QED) is 0.285. The first-order valence-electron chi connectivity index (χ1n) is 9.56. The van der Waals surface area contributed by atoms with Crippen LogP contribution in [0.3, 0.4) is 0 Å². The predicted octanol–water partition coefficient (Wildman–Crippen LogP) is 5.18. The molecule has 0 spiro atoms. The zero-order valence-electron chi connectivity index (χ0n) is 17.9. The average molecular weight is 593 g/mol. The molecule has 1 amide bonds. The summed E-state index contributed by atoms with van der Waals surface area (Å²) < 4.78 is 23.7. The number of hydrogen-bond donors (Lipinski definition) is 3. The fourth-order valence-electron chi connectivity index (χ4n) is 2.69. The van der Waals surface area contributed by atoms with E-state index in [9.17, 15) is 24.2 Å². The van der Waals surface area contributed by atoms with E-state index in [1.807, 2.05) is 0 Å². The van der Waals surface area contributed by atoms with Gasteiger partial charge in [0.15, 0.2) is 5.75 Å². The number of amides is 1. The fourth-order valence-corrected chi connectivity index (χ4v) is 4.99. The number of benzene rings is 2. The van der Waals surface area contributed by atoms with Crippen LogP contribution in [-0.4, -0.2) is 40.7 Å². The molecule has 2 atom stereocenters. The SMILES string of the molecule is CC(C)OC(=O)C(C)NC(=O)c1cc(Oc2c(Br)cc(CP(C)(=O)O)cc2Br)ccc1O. The minimum Gasteiger partial charge on any atom is -0.507 e. The van der Waals surface area contributed by atoms with E-state index in [0.717, 1.165) is 0 Å². The molecule has 3 N–H and O–H groups in total. The second-order valence-electron chi connectivity index (χ2n) is 7.56. The summed E-state index contributed by atoms with van der Waals surface area (Å²) in [5.74, 6) is -0.912. The molecule has 0 fully saturated rings. The Morgan fingerprint density at radius 3 is 2.25 bits per heavy atom. The number of phenols is 1. The largest absolute Gasteiger partial charge is 0.507 e. The molecule has 11 heteroatoms. The summed E-state index contributed by atoms with van der Waals surface area (Å²) in [5, 5.41) is 12.6. The normalized spacial score (nSPS) is 13.9. The number of halogens is 2. The van der Waals surface area contributed by atoms with E-state index in [0.29, 0.717) is 20.3 Å². The molecule has 0 radical (unpaired) electrons. The molecule has 0 aliphatic heterocycles. The lowest BCUT2D eigenvalue weighted by Crippen LogP contribution is -2.40. The third-order valence-electron chi connectivity index (χ3n) is 4.02. The van der Waals surface area contributed by atoms with Crippen molar-refractivity contribution in [3.63, 3.8) is 0 Å². The maximum atomic E-state index is 12.6. The van der Waals surface area contributed by atoms with Crippen LogP contribution in [0.4, 0.5) is 0 Å². The van der Waals surface area contributed by atoms with E-state index < -0.39 is 25.3 Å². The number of hydrogen-bond acceptors (Lipinski definition) is 6. The van der Waals surface area contributed by atoms with Gasteiger partial charge < -0.3 is 24.8 Å². The number of rotatable bonds is 8. The van der Waals surface area contributed by atoms with E-state index in [2.05, 4.69) is 37.2 Å². The highest BCUT2D eigenvalue weighted by molar-refractivity contribution is 9.11. The van der Waals surface area contributed by atoms with Gasteiger partial charge in [0.1, 0.15) is 17.5 Å². The van der Waals surface area contributed by atoms with Gasteiger partial charge >= 0.3 is 5.97 Å². The number of nitrogens with one attached hydrogen (secondary N) is 1. The van der Waals surface area contributed by atoms with Gasteiger partial charge in [0, 0.05) is 12.8 Å². The van der Waals surface area contributed by atoms with Crippen molar-refractivity contribution in [3.8, 4) is 17.2 Å². The Labute approximate surface area is 203 Å². The number of ether oxygens (including phenoxy) is 2. The van der Waals surface area contributed by atoms with Gasteiger partial charge in [-0.05, 0) is 88.5 Å². The number of phenolic OH excluding ortho intramolecular Hbond substituents is 1. The Morgan fingerprint density at radius 2 is 1.72 bits per heavy atom. The monoisotopic (exact) mass is 591 g/mol. The van der Waals surface area contributed by atoms with Crippen molar-refractivity contribution >= 4 is 51.1 Å². The van der Waals surface area contributed by atoms with Crippen LogP contribution in [0, 0.1) is 0 Å². The third kappa shape index (κ3) is 7.62. The number of esters is 1. The molecule has 2 unspecified atom stereocenters. The molecule has 0 aliphatic rings. The summed E-state index contributed by atoms with van der Waals surface area (Å²) in [6.45, 7) is 6.17. The lowest BCUT2D eigenvalue weighted by Gasteiger charge is -2.16. The number of aromatic hydroxyl groups is 1. The zero-order valence-corrected chi connectivity index (χ0v) is 22.0. The minimum atomic E-state index is -3.25. The van der Waals surface area contributed by atoms with E-state index in [1.54, 1.807) is 26.0 Å². The second kappa shape index (κ2) is 10.8. The molecular formula is C21H24Br2NO7P. The van der Waals surface area contributed by atoms with Gasteiger partial charge in [-0.15, -0.1) is 0 Å². The van der Waals surface area contributed by atoms with Crippen LogP contribution >= 0.6 is 39.2 Å². The number of carbonyl (C=O) groups excluding carboxylic acids is 2. The highest BCUT2D eigenvalue weighted by Gasteiger charge is 2.22. The van der Waals surface area contributed by atoms with E-state index in [1.165, 1.54) is 31.8 Å². The molecule has 0 heterocycles. The molecule has 174 valence electrons. The Balaban J connectivity index is 2.23. The topological polar surface area (TPSA) is 122 Å². The average Bonchev–Trinajstić information content (AvgIpc) is 2.63. The van der Waals surface area contributed by atoms with Gasteiger partial charge in [-0.2, -0.15) is 0 Å².